The molecule has 0 rings (SSSR count). The van der Waals surface area contributed by atoms with E-state index in [4.69, 9.17) is 10.2 Å². The predicted molar refractivity (Wildman–Crippen MR) is 71.9 cm³/mol. The highest BCUT2D eigenvalue weighted by molar-refractivity contribution is 7.98. The molecule has 0 aromatic heterocycles. The third-order valence-electron chi connectivity index (χ3n) is 2.30. The van der Waals surface area contributed by atoms with Crippen LogP contribution in [0, 0.1) is 0 Å². The zero-order valence-electron chi connectivity index (χ0n) is 10.6. The van der Waals surface area contributed by atoms with Crippen molar-refractivity contribution in [2.75, 3.05) is 25.1 Å². The highest BCUT2D eigenvalue weighted by Crippen LogP contribution is 2.03. The van der Waals surface area contributed by atoms with Crippen LogP contribution in [0.2, 0.25) is 0 Å². The van der Waals surface area contributed by atoms with Crippen LogP contribution < -0.4 is 10.6 Å². The molecule has 0 aliphatic carbocycles. The van der Waals surface area contributed by atoms with Gasteiger partial charge in [-0.2, -0.15) is 11.8 Å². The molecule has 0 heterocycles. The zero-order valence-corrected chi connectivity index (χ0v) is 11.5. The fourth-order valence-electron chi connectivity index (χ4n) is 1.27. The van der Waals surface area contributed by atoms with Crippen molar-refractivity contribution in [3.05, 3.63) is 0 Å². The average Bonchev–Trinajstić information content (AvgIpc) is 2.34. The summed E-state index contributed by atoms with van der Waals surface area (Å²) in [6.45, 7) is 0.281. The van der Waals surface area contributed by atoms with Crippen molar-refractivity contribution in [1.82, 2.24) is 10.6 Å². The number of carbonyl (C=O) groups is 2. The van der Waals surface area contributed by atoms with Crippen molar-refractivity contribution in [1.29, 1.82) is 0 Å². The number of unbranched alkanes of at least 4 members (excludes halogenated alkanes) is 3. The number of carboxylic acids is 1. The summed E-state index contributed by atoms with van der Waals surface area (Å²) in [7, 11) is 0. The number of hydrogen-bond acceptors (Lipinski definition) is 4. The minimum Gasteiger partial charge on any atom is -0.479 e. The third kappa shape index (κ3) is 10.2. The second kappa shape index (κ2) is 11.2. The number of urea groups is 1. The summed E-state index contributed by atoms with van der Waals surface area (Å²) in [5, 5.41) is 22.2. The van der Waals surface area contributed by atoms with E-state index in [-0.39, 0.29) is 6.54 Å². The van der Waals surface area contributed by atoms with Crippen LogP contribution in [0.1, 0.15) is 25.7 Å². The first-order valence-electron chi connectivity index (χ1n) is 5.99. The number of aliphatic hydroxyl groups excluding tert-OH is 1. The number of aliphatic carboxylic acids is 1. The Morgan fingerprint density at radius 1 is 1.17 bits per heavy atom. The van der Waals surface area contributed by atoms with Gasteiger partial charge in [-0.15, -0.1) is 0 Å². The van der Waals surface area contributed by atoms with Crippen molar-refractivity contribution in [3.8, 4) is 0 Å². The maximum atomic E-state index is 11.2. The zero-order chi connectivity index (χ0) is 13.8. The molecule has 1 atom stereocenters. The molecule has 2 amide bonds. The molecule has 0 unspecified atom stereocenters. The van der Waals surface area contributed by atoms with E-state index in [2.05, 4.69) is 16.9 Å². The van der Waals surface area contributed by atoms with Crippen LogP contribution >= 0.6 is 11.8 Å². The third-order valence-corrected chi connectivity index (χ3v) is 3.00. The molecule has 0 aromatic rings. The van der Waals surface area contributed by atoms with Crippen LogP contribution in [0.25, 0.3) is 0 Å². The summed E-state index contributed by atoms with van der Waals surface area (Å²) in [5.41, 5.74) is 0. The molecular formula is C11H22N2O4S. The lowest BCUT2D eigenvalue weighted by molar-refractivity contribution is -0.146. The number of hydrogen-bond donors (Lipinski definition) is 4. The highest BCUT2D eigenvalue weighted by atomic mass is 32.2. The number of amides is 2. The number of carboxylic acid groups (broad SMARTS) is 1. The summed E-state index contributed by atoms with van der Waals surface area (Å²) in [6.07, 6.45) is 4.85. The minimum atomic E-state index is -1.55. The number of nitrogens with one attached hydrogen (secondary N) is 2. The van der Waals surface area contributed by atoms with Crippen molar-refractivity contribution in [2.24, 2.45) is 0 Å². The van der Waals surface area contributed by atoms with Gasteiger partial charge in [-0.1, -0.05) is 12.8 Å². The summed E-state index contributed by atoms with van der Waals surface area (Å²) < 4.78 is 0. The number of carbonyl (C=O) groups excluding carboxylic acids is 1. The smallest absolute Gasteiger partial charge is 0.334 e. The number of aliphatic hydroxyl groups is 1. The Bertz CT molecular complexity index is 251. The van der Waals surface area contributed by atoms with Gasteiger partial charge in [0.05, 0.1) is 6.54 Å². The van der Waals surface area contributed by atoms with Crippen LogP contribution in [-0.2, 0) is 4.79 Å². The van der Waals surface area contributed by atoms with Crippen molar-refractivity contribution in [2.45, 2.75) is 31.8 Å². The Morgan fingerprint density at radius 3 is 2.44 bits per heavy atom. The fourth-order valence-corrected chi connectivity index (χ4v) is 1.76. The van der Waals surface area contributed by atoms with Crippen LogP contribution in [0.15, 0.2) is 0 Å². The van der Waals surface area contributed by atoms with Gasteiger partial charge in [0.2, 0.25) is 0 Å². The molecule has 0 fully saturated rings. The lowest BCUT2D eigenvalue weighted by Crippen LogP contribution is -2.42. The topological polar surface area (TPSA) is 98.7 Å². The molecule has 0 bridgehead atoms. The monoisotopic (exact) mass is 278 g/mol. The van der Waals surface area contributed by atoms with E-state index in [1.54, 1.807) is 0 Å². The normalized spacial score (nSPS) is 11.9. The minimum absolute atomic E-state index is 0.283. The van der Waals surface area contributed by atoms with E-state index in [0.717, 1.165) is 19.3 Å². The van der Waals surface area contributed by atoms with E-state index in [0.29, 0.717) is 6.54 Å². The van der Waals surface area contributed by atoms with E-state index < -0.39 is 18.1 Å². The van der Waals surface area contributed by atoms with E-state index in [1.165, 1.54) is 12.2 Å². The number of rotatable bonds is 10. The van der Waals surface area contributed by atoms with Gasteiger partial charge in [0, 0.05) is 6.54 Å². The Hall–Kier alpha value is -0.950. The summed E-state index contributed by atoms with van der Waals surface area (Å²) in [5.74, 6) is -0.176. The van der Waals surface area contributed by atoms with E-state index >= 15 is 0 Å². The van der Waals surface area contributed by atoms with E-state index in [1.807, 2.05) is 11.8 Å². The molecule has 18 heavy (non-hydrogen) atoms. The van der Waals surface area contributed by atoms with Crippen LogP contribution in [0.4, 0.5) is 4.79 Å². The molecule has 0 saturated heterocycles. The Kier molecular flexibility index (Phi) is 10.6. The molecule has 106 valence electrons. The summed E-state index contributed by atoms with van der Waals surface area (Å²) in [6, 6.07) is -0.445. The molecule has 6 nitrogen and oxygen atoms in total. The maximum absolute atomic E-state index is 11.2. The number of thioether (sulfide) groups is 1. The summed E-state index contributed by atoms with van der Waals surface area (Å²) >= 11 is 1.83. The van der Waals surface area contributed by atoms with Gasteiger partial charge in [0.1, 0.15) is 0 Å². The van der Waals surface area contributed by atoms with Crippen LogP contribution in [-0.4, -0.2) is 53.4 Å². The predicted octanol–water partition coefficient (Wildman–Crippen LogP) is 0.654. The van der Waals surface area contributed by atoms with Crippen LogP contribution in [0.3, 0.4) is 0 Å². The Balaban J connectivity index is 3.35. The second-order valence-corrected chi connectivity index (χ2v) is 4.88. The molecule has 0 radical (unpaired) electrons. The SMILES string of the molecule is CSCCCCCCNC(=O)NC[C@H](O)C(=O)O. The lowest BCUT2D eigenvalue weighted by Gasteiger charge is -2.09. The molecule has 0 spiro atoms. The highest BCUT2D eigenvalue weighted by Gasteiger charge is 2.13. The quantitative estimate of drug-likeness (QED) is 0.440. The lowest BCUT2D eigenvalue weighted by atomic mass is 10.2. The first-order chi connectivity index (χ1) is 8.57. The van der Waals surface area contributed by atoms with E-state index in [9.17, 15) is 9.59 Å². The Morgan fingerprint density at radius 2 is 1.83 bits per heavy atom. The maximum Gasteiger partial charge on any atom is 0.334 e. The first-order valence-corrected chi connectivity index (χ1v) is 7.38. The van der Waals surface area contributed by atoms with Gasteiger partial charge in [0.25, 0.3) is 0 Å². The van der Waals surface area contributed by atoms with Crippen molar-refractivity contribution in [3.63, 3.8) is 0 Å². The fraction of sp³-hybridized carbons (Fsp3) is 0.818. The van der Waals surface area contributed by atoms with Crippen LogP contribution in [0.5, 0.6) is 0 Å². The summed E-state index contributed by atoms with van der Waals surface area (Å²) in [4.78, 5) is 21.4. The molecular weight excluding hydrogens is 256 g/mol. The second-order valence-electron chi connectivity index (χ2n) is 3.90. The van der Waals surface area contributed by atoms with Crippen molar-refractivity contribution < 1.29 is 19.8 Å². The molecule has 0 aliphatic heterocycles. The van der Waals surface area contributed by atoms with Gasteiger partial charge < -0.3 is 20.8 Å². The largest absolute Gasteiger partial charge is 0.479 e. The van der Waals surface area contributed by atoms with Gasteiger partial charge >= 0.3 is 12.0 Å². The van der Waals surface area contributed by atoms with Crippen molar-refractivity contribution >= 4 is 23.8 Å². The molecule has 0 aromatic carbocycles. The molecule has 0 saturated carbocycles. The van der Waals surface area contributed by atoms with Gasteiger partial charge in [-0.25, -0.2) is 9.59 Å². The Labute approximate surface area is 112 Å². The van der Waals surface area contributed by atoms with Gasteiger partial charge in [-0.3, -0.25) is 0 Å². The molecule has 7 heteroatoms. The standard InChI is InChI=1S/C11H22N2O4S/c1-18-7-5-3-2-4-6-12-11(17)13-8-9(14)10(15)16/h9,14H,2-8H2,1H3,(H,15,16)(H2,12,13,17)/t9-/m0/s1. The molecule has 4 N–H and O–H groups in total. The molecule has 0 aliphatic rings. The van der Waals surface area contributed by atoms with Gasteiger partial charge in [-0.05, 0) is 24.9 Å². The average molecular weight is 278 g/mol. The first kappa shape index (κ1) is 17.1. The van der Waals surface area contributed by atoms with Gasteiger partial charge in [0.15, 0.2) is 6.10 Å².